The van der Waals surface area contributed by atoms with E-state index < -0.39 is 0 Å². The lowest BCUT2D eigenvalue weighted by Gasteiger charge is -2.19. The van der Waals surface area contributed by atoms with E-state index in [2.05, 4.69) is 67.4 Å². The Balaban J connectivity index is 2.47. The highest BCUT2D eigenvalue weighted by Crippen LogP contribution is 2.26. The van der Waals surface area contributed by atoms with Gasteiger partial charge < -0.3 is 5.43 Å². The fraction of sp³-hybridized carbons (Fsp3) is 0.412. The number of hydrazine groups is 1. The summed E-state index contributed by atoms with van der Waals surface area (Å²) >= 11 is 0. The zero-order valence-electron chi connectivity index (χ0n) is 13.5. The van der Waals surface area contributed by atoms with Crippen molar-refractivity contribution in [2.75, 3.05) is 5.43 Å². The minimum absolute atomic E-state index is 0.144. The summed E-state index contributed by atoms with van der Waals surface area (Å²) in [6.45, 7) is 10.7. The molecule has 0 bridgehead atoms. The average Bonchev–Trinajstić information content (AvgIpc) is 2.47. The summed E-state index contributed by atoms with van der Waals surface area (Å²) in [6.07, 6.45) is 0.857. The quantitative estimate of drug-likeness (QED) is 0.667. The van der Waals surface area contributed by atoms with Gasteiger partial charge in [-0.2, -0.15) is 0 Å². The maximum absolute atomic E-state index is 5.56. The van der Waals surface area contributed by atoms with Crippen LogP contribution in [-0.2, 0) is 11.8 Å². The largest absolute Gasteiger partial charge is 0.308 e. The molecule has 0 fully saturated rings. The lowest BCUT2D eigenvalue weighted by Crippen LogP contribution is -2.13. The van der Waals surface area contributed by atoms with Gasteiger partial charge in [-0.3, -0.25) is 0 Å². The molecule has 21 heavy (non-hydrogen) atoms. The lowest BCUT2D eigenvalue weighted by atomic mass is 9.86. The van der Waals surface area contributed by atoms with Gasteiger partial charge >= 0.3 is 0 Å². The predicted molar refractivity (Wildman–Crippen MR) is 88.1 cm³/mol. The van der Waals surface area contributed by atoms with Crippen LogP contribution in [0.5, 0.6) is 0 Å². The fourth-order valence-electron chi connectivity index (χ4n) is 2.30. The van der Waals surface area contributed by atoms with Crippen molar-refractivity contribution >= 4 is 5.82 Å². The van der Waals surface area contributed by atoms with Gasteiger partial charge in [0, 0.05) is 16.8 Å². The van der Waals surface area contributed by atoms with Crippen molar-refractivity contribution in [1.29, 1.82) is 0 Å². The minimum Gasteiger partial charge on any atom is -0.308 e. The van der Waals surface area contributed by atoms with Crippen LogP contribution < -0.4 is 11.3 Å². The summed E-state index contributed by atoms with van der Waals surface area (Å²) in [5.41, 5.74) is 7.15. The topological polar surface area (TPSA) is 63.8 Å². The second-order valence-electron chi connectivity index (χ2n) is 6.29. The smallest absolute Gasteiger partial charge is 0.161 e. The van der Waals surface area contributed by atoms with Crippen LogP contribution in [0, 0.1) is 6.92 Å². The molecule has 1 heterocycles. The Bertz CT molecular complexity index is 599. The van der Waals surface area contributed by atoms with Crippen molar-refractivity contribution in [3.8, 4) is 11.4 Å². The molecule has 112 valence electrons. The molecule has 1 aromatic heterocycles. The first-order valence-corrected chi connectivity index (χ1v) is 7.32. The SMILES string of the molecule is CCc1nc(-c2ccc(C(C)(C)C)cc2)nc(NN)c1C. The molecule has 0 radical (unpaired) electrons. The van der Waals surface area contributed by atoms with Crippen LogP contribution in [0.1, 0.15) is 44.5 Å². The number of nitrogen functional groups attached to an aromatic ring is 1. The van der Waals surface area contributed by atoms with Gasteiger partial charge in [0.1, 0.15) is 5.82 Å². The van der Waals surface area contributed by atoms with Gasteiger partial charge in [-0.05, 0) is 24.3 Å². The van der Waals surface area contributed by atoms with Gasteiger partial charge in [0.15, 0.2) is 5.82 Å². The standard InChI is InChI=1S/C17H24N4/c1-6-14-11(2)15(21-18)20-16(19-14)12-7-9-13(10-8-12)17(3,4)5/h7-10H,6,18H2,1-5H3,(H,19,20,21). The zero-order chi connectivity index (χ0) is 15.6. The van der Waals surface area contributed by atoms with Crippen molar-refractivity contribution in [2.24, 2.45) is 5.84 Å². The van der Waals surface area contributed by atoms with Crippen molar-refractivity contribution < 1.29 is 0 Å². The lowest BCUT2D eigenvalue weighted by molar-refractivity contribution is 0.590. The first-order chi connectivity index (χ1) is 9.86. The Labute approximate surface area is 126 Å². The number of benzene rings is 1. The third kappa shape index (κ3) is 3.22. The monoisotopic (exact) mass is 284 g/mol. The molecule has 3 N–H and O–H groups in total. The number of nitrogens with one attached hydrogen (secondary N) is 1. The third-order valence-electron chi connectivity index (χ3n) is 3.73. The van der Waals surface area contributed by atoms with E-state index in [1.807, 2.05) is 6.92 Å². The van der Waals surface area contributed by atoms with E-state index in [0.717, 1.165) is 23.2 Å². The Kier molecular flexibility index (Phi) is 4.28. The van der Waals surface area contributed by atoms with E-state index in [1.165, 1.54) is 5.56 Å². The van der Waals surface area contributed by atoms with E-state index in [-0.39, 0.29) is 5.41 Å². The molecule has 0 amide bonds. The van der Waals surface area contributed by atoms with Crippen LogP contribution in [0.4, 0.5) is 5.82 Å². The van der Waals surface area contributed by atoms with E-state index in [9.17, 15) is 0 Å². The first kappa shape index (κ1) is 15.4. The summed E-state index contributed by atoms with van der Waals surface area (Å²) in [7, 11) is 0. The fourth-order valence-corrected chi connectivity index (χ4v) is 2.30. The van der Waals surface area contributed by atoms with Gasteiger partial charge in [-0.1, -0.05) is 52.0 Å². The second-order valence-corrected chi connectivity index (χ2v) is 6.29. The Morgan fingerprint density at radius 3 is 2.19 bits per heavy atom. The Hall–Kier alpha value is -1.94. The normalized spacial score (nSPS) is 11.5. The van der Waals surface area contributed by atoms with Gasteiger partial charge in [0.2, 0.25) is 0 Å². The molecule has 0 saturated heterocycles. The molecule has 2 rings (SSSR count). The minimum atomic E-state index is 0.144. The molecule has 0 aliphatic carbocycles. The molecule has 4 nitrogen and oxygen atoms in total. The highest BCUT2D eigenvalue weighted by Gasteiger charge is 2.14. The molecule has 0 saturated carbocycles. The summed E-state index contributed by atoms with van der Waals surface area (Å²) in [5, 5.41) is 0. The molecule has 0 unspecified atom stereocenters. The zero-order valence-corrected chi connectivity index (χ0v) is 13.5. The number of rotatable bonds is 3. The predicted octanol–water partition coefficient (Wildman–Crippen LogP) is 3.60. The number of hydrogen-bond donors (Lipinski definition) is 2. The van der Waals surface area contributed by atoms with Crippen LogP contribution in [0.15, 0.2) is 24.3 Å². The third-order valence-corrected chi connectivity index (χ3v) is 3.73. The summed E-state index contributed by atoms with van der Waals surface area (Å²) < 4.78 is 0. The van der Waals surface area contributed by atoms with Gasteiger partial charge in [-0.15, -0.1) is 0 Å². The maximum Gasteiger partial charge on any atom is 0.161 e. The molecule has 0 spiro atoms. The van der Waals surface area contributed by atoms with E-state index >= 15 is 0 Å². The summed E-state index contributed by atoms with van der Waals surface area (Å²) in [5.74, 6) is 6.97. The Morgan fingerprint density at radius 1 is 1.10 bits per heavy atom. The summed E-state index contributed by atoms with van der Waals surface area (Å²) in [6, 6.07) is 8.43. The van der Waals surface area contributed by atoms with Crippen LogP contribution in [-0.4, -0.2) is 9.97 Å². The molecule has 0 atom stereocenters. The van der Waals surface area contributed by atoms with Gasteiger partial charge in [0.05, 0.1) is 0 Å². The first-order valence-electron chi connectivity index (χ1n) is 7.32. The molecule has 4 heteroatoms. The van der Waals surface area contributed by atoms with E-state index in [4.69, 9.17) is 5.84 Å². The average molecular weight is 284 g/mol. The van der Waals surface area contributed by atoms with Crippen LogP contribution >= 0.6 is 0 Å². The highest BCUT2D eigenvalue weighted by molar-refractivity contribution is 5.60. The van der Waals surface area contributed by atoms with Crippen molar-refractivity contribution in [3.63, 3.8) is 0 Å². The van der Waals surface area contributed by atoms with Crippen molar-refractivity contribution in [2.45, 2.75) is 46.5 Å². The van der Waals surface area contributed by atoms with Crippen LogP contribution in [0.3, 0.4) is 0 Å². The molecule has 2 aromatic rings. The van der Waals surface area contributed by atoms with Gasteiger partial charge in [0.25, 0.3) is 0 Å². The van der Waals surface area contributed by atoms with E-state index in [1.54, 1.807) is 0 Å². The second kappa shape index (κ2) is 5.82. The highest BCUT2D eigenvalue weighted by atomic mass is 15.3. The van der Waals surface area contributed by atoms with E-state index in [0.29, 0.717) is 11.6 Å². The number of aryl methyl sites for hydroxylation is 1. The number of nitrogens with two attached hydrogens (primary N) is 1. The molecular formula is C17H24N4. The number of aromatic nitrogens is 2. The molecule has 0 aliphatic heterocycles. The van der Waals surface area contributed by atoms with Gasteiger partial charge in [-0.25, -0.2) is 15.8 Å². The molecular weight excluding hydrogens is 260 g/mol. The summed E-state index contributed by atoms with van der Waals surface area (Å²) in [4.78, 5) is 9.17. The molecule has 0 aliphatic rings. The van der Waals surface area contributed by atoms with Crippen LogP contribution in [0.2, 0.25) is 0 Å². The van der Waals surface area contributed by atoms with Crippen LogP contribution in [0.25, 0.3) is 11.4 Å². The maximum atomic E-state index is 5.56. The molecule has 1 aromatic carbocycles. The Morgan fingerprint density at radius 2 is 1.71 bits per heavy atom. The van der Waals surface area contributed by atoms with Crippen molar-refractivity contribution in [1.82, 2.24) is 9.97 Å². The number of hydrogen-bond acceptors (Lipinski definition) is 4. The van der Waals surface area contributed by atoms with Crippen molar-refractivity contribution in [3.05, 3.63) is 41.1 Å². The number of nitrogens with zero attached hydrogens (tertiary/aromatic N) is 2. The number of anilines is 1.